The number of hydrogen-bond acceptors (Lipinski definition) is 9. The van der Waals surface area contributed by atoms with Crippen LogP contribution in [0.3, 0.4) is 0 Å². The summed E-state index contributed by atoms with van der Waals surface area (Å²) in [7, 11) is -1.41. The Morgan fingerprint density at radius 2 is 1.67 bits per heavy atom. The summed E-state index contributed by atoms with van der Waals surface area (Å²) in [5.74, 6) is -0.172. The van der Waals surface area contributed by atoms with Gasteiger partial charge in [-0.1, -0.05) is 19.6 Å². The molecule has 0 spiro atoms. The second-order valence-electron chi connectivity index (χ2n) is 13.0. The zero-order valence-corrected chi connectivity index (χ0v) is 27.3. The Balaban J connectivity index is 1.28. The Kier molecular flexibility index (Phi) is 11.0. The lowest BCUT2D eigenvalue weighted by molar-refractivity contribution is -0.139. The van der Waals surface area contributed by atoms with Gasteiger partial charge in [0.2, 0.25) is 11.9 Å². The number of halogens is 6. The fourth-order valence-electron chi connectivity index (χ4n) is 5.41. The van der Waals surface area contributed by atoms with Crippen molar-refractivity contribution in [2.45, 2.75) is 64.2 Å². The van der Waals surface area contributed by atoms with Crippen molar-refractivity contribution in [1.82, 2.24) is 29.5 Å². The van der Waals surface area contributed by atoms with Crippen LogP contribution in [0.25, 0.3) is 0 Å². The molecule has 0 aliphatic carbocycles. The van der Waals surface area contributed by atoms with Gasteiger partial charge in [-0.15, -0.1) is 0 Å². The third kappa shape index (κ3) is 9.40. The van der Waals surface area contributed by atoms with Gasteiger partial charge in [-0.25, -0.2) is 14.6 Å². The molecule has 2 aliphatic rings. The number of nitrogens with one attached hydrogen (secondary N) is 1. The number of hydrogen-bond donors (Lipinski definition) is 1. The molecule has 18 heteroatoms. The van der Waals surface area contributed by atoms with Gasteiger partial charge < -0.3 is 24.8 Å². The van der Waals surface area contributed by atoms with Crippen LogP contribution >= 0.6 is 0 Å². The van der Waals surface area contributed by atoms with E-state index in [0.717, 1.165) is 24.6 Å². The molecular weight excluding hydrogens is 638 g/mol. The molecule has 4 rings (SSSR count). The molecule has 2 aromatic rings. The summed E-state index contributed by atoms with van der Waals surface area (Å²) in [4.78, 5) is 39.0. The van der Waals surface area contributed by atoms with Crippen molar-refractivity contribution >= 4 is 25.6 Å². The summed E-state index contributed by atoms with van der Waals surface area (Å²) >= 11 is 0. The van der Waals surface area contributed by atoms with Crippen molar-refractivity contribution in [3.63, 3.8) is 0 Å². The van der Waals surface area contributed by atoms with Crippen molar-refractivity contribution in [3.8, 4) is 0 Å². The SMILES string of the molecule is CC(CN1CC[C@@H](C(=O)N2CCN(c3ncc(C(F)(F)F)cn3)CC2)C1)Nc1cnn(COCC[Si](C)(C)C)c(=O)c1C(F)(F)F. The maximum atomic E-state index is 14.0. The van der Waals surface area contributed by atoms with Crippen LogP contribution in [0.1, 0.15) is 24.5 Å². The monoisotopic (exact) mass is 678 g/mol. The number of aromatic nitrogens is 4. The van der Waals surface area contributed by atoms with E-state index in [9.17, 15) is 35.9 Å². The summed E-state index contributed by atoms with van der Waals surface area (Å²) < 4.78 is 86.4. The molecule has 2 saturated heterocycles. The molecular formula is C28H40F6N8O3Si. The first kappa shape index (κ1) is 35.6. The number of carbonyl (C=O) groups is 1. The van der Waals surface area contributed by atoms with Gasteiger partial charge >= 0.3 is 12.4 Å². The minimum absolute atomic E-state index is 0.0460. The minimum Gasteiger partial charge on any atom is -0.379 e. The molecule has 2 aliphatic heterocycles. The quantitative estimate of drug-likeness (QED) is 0.216. The van der Waals surface area contributed by atoms with Gasteiger partial charge in [0.05, 0.1) is 23.4 Å². The smallest absolute Gasteiger partial charge is 0.379 e. The van der Waals surface area contributed by atoms with E-state index in [2.05, 4.69) is 40.0 Å². The van der Waals surface area contributed by atoms with Crippen LogP contribution in [0.5, 0.6) is 0 Å². The lowest BCUT2D eigenvalue weighted by Gasteiger charge is -2.36. The number of carbonyl (C=O) groups excluding carboxylic acids is 1. The standard InChI is InChI=1S/C28H40F6N8O3Si/c1-19(38-22-15-37-42(18-45-11-12-46(2,3)4)25(44)23(22)28(32,33)34)16-39-6-5-20(17-39)24(43)40-7-9-41(10-8-40)26-35-13-21(14-36-26)27(29,30)31/h13-15,19-20,38H,5-12,16-18H2,1-4H3/t19?,20-/m1/s1. The zero-order chi connectivity index (χ0) is 33.9. The molecule has 46 heavy (non-hydrogen) atoms. The normalized spacial score (nSPS) is 19.0. The van der Waals surface area contributed by atoms with Gasteiger partial charge in [0.15, 0.2) is 0 Å². The number of amides is 1. The zero-order valence-electron chi connectivity index (χ0n) is 26.3. The molecule has 1 unspecified atom stereocenters. The molecule has 256 valence electrons. The number of anilines is 2. The van der Waals surface area contributed by atoms with Crippen LogP contribution in [0.2, 0.25) is 25.7 Å². The molecule has 2 aromatic heterocycles. The average molecular weight is 679 g/mol. The lowest BCUT2D eigenvalue weighted by atomic mass is 10.1. The van der Waals surface area contributed by atoms with Crippen molar-refractivity contribution < 1.29 is 35.9 Å². The minimum atomic E-state index is -4.91. The van der Waals surface area contributed by atoms with Crippen molar-refractivity contribution in [1.29, 1.82) is 0 Å². The second kappa shape index (κ2) is 14.2. The molecule has 0 radical (unpaired) electrons. The summed E-state index contributed by atoms with van der Waals surface area (Å²) in [5.41, 5.74) is -3.96. The maximum absolute atomic E-state index is 14.0. The number of rotatable bonds is 11. The fraction of sp³-hybridized carbons (Fsp3) is 0.679. The number of likely N-dealkylation sites (tertiary alicyclic amines) is 1. The third-order valence-corrected chi connectivity index (χ3v) is 9.64. The van der Waals surface area contributed by atoms with E-state index in [4.69, 9.17) is 4.74 Å². The van der Waals surface area contributed by atoms with Gasteiger partial charge in [0.1, 0.15) is 12.3 Å². The van der Waals surface area contributed by atoms with Crippen molar-refractivity contribution in [2.75, 3.05) is 62.6 Å². The Labute approximate surface area is 263 Å². The first-order valence-corrected chi connectivity index (χ1v) is 18.8. The van der Waals surface area contributed by atoms with E-state index in [1.165, 1.54) is 0 Å². The molecule has 2 fully saturated rings. The molecule has 4 heterocycles. The number of nitrogens with zero attached hydrogens (tertiary/aromatic N) is 7. The second-order valence-corrected chi connectivity index (χ2v) is 18.6. The Hall–Kier alpha value is -3.25. The van der Waals surface area contributed by atoms with Crippen LogP contribution in [0, 0.1) is 5.92 Å². The Bertz CT molecular complexity index is 1390. The summed E-state index contributed by atoms with van der Waals surface area (Å²) in [6, 6.07) is 0.304. The van der Waals surface area contributed by atoms with Crippen LogP contribution in [0.4, 0.5) is 38.0 Å². The predicted octanol–water partition coefficient (Wildman–Crippen LogP) is 3.85. The van der Waals surface area contributed by atoms with Crippen LogP contribution in [0.15, 0.2) is 23.4 Å². The van der Waals surface area contributed by atoms with E-state index in [1.54, 1.807) is 16.7 Å². The Morgan fingerprint density at radius 1 is 1.02 bits per heavy atom. The molecule has 0 saturated carbocycles. The third-order valence-electron chi connectivity index (χ3n) is 7.93. The molecule has 11 nitrogen and oxygen atoms in total. The van der Waals surface area contributed by atoms with Gasteiger partial charge in [0, 0.05) is 72.4 Å². The molecule has 0 aromatic carbocycles. The Morgan fingerprint density at radius 3 is 2.26 bits per heavy atom. The summed E-state index contributed by atoms with van der Waals surface area (Å²) in [5, 5.41) is 6.70. The highest BCUT2D eigenvalue weighted by Crippen LogP contribution is 2.32. The number of piperazine rings is 1. The van der Waals surface area contributed by atoms with E-state index in [-0.39, 0.29) is 24.5 Å². The first-order chi connectivity index (χ1) is 21.4. The largest absolute Gasteiger partial charge is 0.423 e. The summed E-state index contributed by atoms with van der Waals surface area (Å²) in [6.45, 7) is 10.9. The van der Waals surface area contributed by atoms with Crippen molar-refractivity contribution in [2.24, 2.45) is 5.92 Å². The van der Waals surface area contributed by atoms with Gasteiger partial charge in [0.25, 0.3) is 5.56 Å². The number of alkyl halides is 6. The van der Waals surface area contributed by atoms with Crippen LogP contribution in [-0.4, -0.2) is 102 Å². The highest BCUT2D eigenvalue weighted by atomic mass is 28.3. The van der Waals surface area contributed by atoms with Gasteiger partial charge in [-0.2, -0.15) is 31.4 Å². The molecule has 1 amide bonds. The predicted molar refractivity (Wildman–Crippen MR) is 161 cm³/mol. The highest BCUT2D eigenvalue weighted by molar-refractivity contribution is 6.76. The highest BCUT2D eigenvalue weighted by Gasteiger charge is 2.39. The van der Waals surface area contributed by atoms with E-state index < -0.39 is 48.8 Å². The molecule has 0 bridgehead atoms. The lowest BCUT2D eigenvalue weighted by Crippen LogP contribution is -2.51. The topological polar surface area (TPSA) is 109 Å². The van der Waals surface area contributed by atoms with E-state index >= 15 is 0 Å². The van der Waals surface area contributed by atoms with Crippen molar-refractivity contribution in [3.05, 3.63) is 40.1 Å². The maximum Gasteiger partial charge on any atom is 0.423 e. The van der Waals surface area contributed by atoms with Crippen LogP contribution < -0.4 is 15.8 Å². The van der Waals surface area contributed by atoms with Crippen LogP contribution in [-0.2, 0) is 28.6 Å². The number of ether oxygens (including phenoxy) is 1. The average Bonchev–Trinajstić information content (AvgIpc) is 3.42. The molecule has 1 N–H and O–H groups in total. The summed E-state index contributed by atoms with van der Waals surface area (Å²) in [6.07, 6.45) is -6.38. The fourth-order valence-corrected chi connectivity index (χ4v) is 6.16. The van der Waals surface area contributed by atoms with Gasteiger partial charge in [-0.3, -0.25) is 9.59 Å². The van der Waals surface area contributed by atoms with E-state index in [1.807, 2.05) is 4.90 Å². The van der Waals surface area contributed by atoms with E-state index in [0.29, 0.717) is 63.5 Å². The van der Waals surface area contributed by atoms with Gasteiger partial charge in [-0.05, 0) is 25.9 Å². The molecule has 2 atom stereocenters. The first-order valence-electron chi connectivity index (χ1n) is 15.1.